The van der Waals surface area contributed by atoms with Gasteiger partial charge in [0.2, 0.25) is 5.91 Å². The maximum Gasteiger partial charge on any atom is 0.310 e. The van der Waals surface area contributed by atoms with Crippen LogP contribution in [-0.2, 0) is 20.7 Å². The Morgan fingerprint density at radius 3 is 2.84 bits per heavy atom. The van der Waals surface area contributed by atoms with E-state index in [4.69, 9.17) is 9.84 Å². The van der Waals surface area contributed by atoms with Gasteiger partial charge in [0.1, 0.15) is 0 Å². The zero-order valence-electron chi connectivity index (χ0n) is 14.1. The van der Waals surface area contributed by atoms with E-state index in [1.54, 1.807) is 31.2 Å². The molecule has 2 unspecified atom stereocenters. The Morgan fingerprint density at radius 2 is 2.04 bits per heavy atom. The summed E-state index contributed by atoms with van der Waals surface area (Å²) in [5, 5.41) is 12.0. The van der Waals surface area contributed by atoms with Gasteiger partial charge in [-0.25, -0.2) is 0 Å². The lowest BCUT2D eigenvalue weighted by molar-refractivity contribution is -0.138. The molecule has 25 heavy (non-hydrogen) atoms. The van der Waals surface area contributed by atoms with Gasteiger partial charge in [0.15, 0.2) is 0 Å². The van der Waals surface area contributed by atoms with Gasteiger partial charge in [0, 0.05) is 5.69 Å². The van der Waals surface area contributed by atoms with Gasteiger partial charge in [-0.05, 0) is 42.2 Å². The highest BCUT2D eigenvalue weighted by Crippen LogP contribution is 2.30. The second kappa shape index (κ2) is 7.49. The fraction of sp³-hybridized carbons (Fsp3) is 0.300. The minimum absolute atomic E-state index is 0.151. The average molecular weight is 339 g/mol. The lowest BCUT2D eigenvalue weighted by Crippen LogP contribution is -2.22. The van der Waals surface area contributed by atoms with E-state index in [1.165, 1.54) is 5.56 Å². The smallest absolute Gasteiger partial charge is 0.310 e. The molecular weight excluding hydrogens is 318 g/mol. The van der Waals surface area contributed by atoms with Crippen LogP contribution in [0.15, 0.2) is 48.5 Å². The summed E-state index contributed by atoms with van der Waals surface area (Å²) in [7, 11) is 0. The highest BCUT2D eigenvalue weighted by molar-refractivity contribution is 5.91. The summed E-state index contributed by atoms with van der Waals surface area (Å²) >= 11 is 0. The molecule has 0 saturated heterocycles. The SMILES string of the molecule is CC(C(=O)O)c1cccc(NC(=O)CC2OCCc3ccccc32)c1. The average Bonchev–Trinajstić information content (AvgIpc) is 2.61. The van der Waals surface area contributed by atoms with Crippen molar-refractivity contribution < 1.29 is 19.4 Å². The van der Waals surface area contributed by atoms with Gasteiger partial charge in [-0.1, -0.05) is 36.4 Å². The van der Waals surface area contributed by atoms with Gasteiger partial charge in [0.05, 0.1) is 25.0 Å². The first-order chi connectivity index (χ1) is 12.0. The predicted octanol–water partition coefficient (Wildman–Crippen LogP) is 3.52. The van der Waals surface area contributed by atoms with Crippen molar-refractivity contribution in [2.45, 2.75) is 31.8 Å². The number of benzene rings is 2. The van der Waals surface area contributed by atoms with Crippen molar-refractivity contribution in [3.8, 4) is 0 Å². The molecule has 2 N–H and O–H groups in total. The van der Waals surface area contributed by atoms with E-state index in [2.05, 4.69) is 11.4 Å². The Hall–Kier alpha value is -2.66. The molecule has 2 aromatic carbocycles. The zero-order valence-corrected chi connectivity index (χ0v) is 14.1. The highest BCUT2D eigenvalue weighted by Gasteiger charge is 2.23. The molecule has 130 valence electrons. The van der Waals surface area contributed by atoms with Gasteiger partial charge >= 0.3 is 5.97 Å². The maximum absolute atomic E-state index is 12.4. The number of ether oxygens (including phenoxy) is 1. The normalized spacial score (nSPS) is 17.4. The first-order valence-electron chi connectivity index (χ1n) is 8.36. The van der Waals surface area contributed by atoms with Gasteiger partial charge in [-0.3, -0.25) is 9.59 Å². The summed E-state index contributed by atoms with van der Waals surface area (Å²) in [5.74, 6) is -1.66. The standard InChI is InChI=1S/C20H21NO4/c1-13(20(23)24)15-6-4-7-16(11-15)21-19(22)12-18-17-8-3-2-5-14(17)9-10-25-18/h2-8,11,13,18H,9-10,12H2,1H3,(H,21,22)(H,23,24). The number of nitrogens with one attached hydrogen (secondary N) is 1. The topological polar surface area (TPSA) is 75.6 Å². The van der Waals surface area contributed by atoms with Crippen molar-refractivity contribution >= 4 is 17.6 Å². The Morgan fingerprint density at radius 1 is 1.24 bits per heavy atom. The van der Waals surface area contributed by atoms with Crippen LogP contribution < -0.4 is 5.32 Å². The van der Waals surface area contributed by atoms with Gasteiger partial charge in [-0.2, -0.15) is 0 Å². The first-order valence-corrected chi connectivity index (χ1v) is 8.36. The number of hydrogen-bond donors (Lipinski definition) is 2. The molecule has 0 radical (unpaired) electrons. The van der Waals surface area contributed by atoms with E-state index in [0.29, 0.717) is 17.9 Å². The zero-order chi connectivity index (χ0) is 17.8. The molecule has 0 bridgehead atoms. The van der Waals surface area contributed by atoms with Crippen LogP contribution in [0.2, 0.25) is 0 Å². The molecule has 1 aliphatic heterocycles. The van der Waals surface area contributed by atoms with E-state index >= 15 is 0 Å². The van der Waals surface area contributed by atoms with Crippen molar-refractivity contribution in [2.75, 3.05) is 11.9 Å². The number of rotatable bonds is 5. The molecule has 5 nitrogen and oxygen atoms in total. The Bertz CT molecular complexity index is 787. The summed E-state index contributed by atoms with van der Waals surface area (Å²) < 4.78 is 5.77. The lowest BCUT2D eigenvalue weighted by atomic mass is 9.95. The third kappa shape index (κ3) is 4.06. The molecule has 1 heterocycles. The molecule has 2 aromatic rings. The van der Waals surface area contributed by atoms with Crippen LogP contribution >= 0.6 is 0 Å². The van der Waals surface area contributed by atoms with E-state index in [1.807, 2.05) is 18.2 Å². The van der Waals surface area contributed by atoms with Crippen LogP contribution in [0.4, 0.5) is 5.69 Å². The molecule has 1 aliphatic rings. The number of carbonyl (C=O) groups is 2. The second-order valence-electron chi connectivity index (χ2n) is 6.25. The van der Waals surface area contributed by atoms with E-state index in [-0.39, 0.29) is 18.4 Å². The molecule has 3 rings (SSSR count). The third-order valence-corrected chi connectivity index (χ3v) is 4.50. The summed E-state index contributed by atoms with van der Waals surface area (Å²) in [4.78, 5) is 23.5. The number of fused-ring (bicyclic) bond motifs is 1. The number of carbonyl (C=O) groups excluding carboxylic acids is 1. The molecule has 2 atom stereocenters. The Kier molecular flexibility index (Phi) is 5.14. The minimum atomic E-state index is -0.893. The fourth-order valence-corrected chi connectivity index (χ4v) is 3.05. The second-order valence-corrected chi connectivity index (χ2v) is 6.25. The summed E-state index contributed by atoms with van der Waals surface area (Å²) in [6.45, 7) is 2.23. The number of hydrogen-bond acceptors (Lipinski definition) is 3. The minimum Gasteiger partial charge on any atom is -0.481 e. The molecule has 0 aromatic heterocycles. The quantitative estimate of drug-likeness (QED) is 0.874. The van der Waals surface area contributed by atoms with Crippen molar-refractivity contribution in [1.82, 2.24) is 0 Å². The first kappa shape index (κ1) is 17.2. The van der Waals surface area contributed by atoms with Gasteiger partial charge < -0.3 is 15.2 Å². The third-order valence-electron chi connectivity index (χ3n) is 4.50. The van der Waals surface area contributed by atoms with Crippen LogP contribution in [0.3, 0.4) is 0 Å². The van der Waals surface area contributed by atoms with Crippen molar-refractivity contribution in [3.05, 3.63) is 65.2 Å². The van der Waals surface area contributed by atoms with Crippen LogP contribution in [0, 0.1) is 0 Å². The summed E-state index contributed by atoms with van der Waals surface area (Å²) in [6.07, 6.45) is 0.852. The van der Waals surface area contributed by atoms with Gasteiger partial charge in [0.25, 0.3) is 0 Å². The van der Waals surface area contributed by atoms with Crippen LogP contribution in [0.1, 0.15) is 42.1 Å². The molecular formula is C20H21NO4. The summed E-state index contributed by atoms with van der Waals surface area (Å²) in [5.41, 5.74) is 3.55. The molecule has 5 heteroatoms. The number of anilines is 1. The molecule has 0 fully saturated rings. The van der Waals surface area contributed by atoms with E-state index in [9.17, 15) is 9.59 Å². The van der Waals surface area contributed by atoms with Crippen molar-refractivity contribution in [2.24, 2.45) is 0 Å². The molecule has 0 spiro atoms. The maximum atomic E-state index is 12.4. The highest BCUT2D eigenvalue weighted by atomic mass is 16.5. The van der Waals surface area contributed by atoms with Crippen LogP contribution in [0.5, 0.6) is 0 Å². The van der Waals surface area contributed by atoms with E-state index < -0.39 is 11.9 Å². The van der Waals surface area contributed by atoms with Crippen LogP contribution in [-0.4, -0.2) is 23.6 Å². The molecule has 1 amide bonds. The number of aliphatic carboxylic acids is 1. The van der Waals surface area contributed by atoms with Crippen LogP contribution in [0.25, 0.3) is 0 Å². The Labute approximate surface area is 146 Å². The molecule has 0 saturated carbocycles. The fourth-order valence-electron chi connectivity index (χ4n) is 3.05. The predicted molar refractivity (Wildman–Crippen MR) is 94.6 cm³/mol. The lowest BCUT2D eigenvalue weighted by Gasteiger charge is -2.25. The van der Waals surface area contributed by atoms with Crippen molar-refractivity contribution in [3.63, 3.8) is 0 Å². The van der Waals surface area contributed by atoms with Crippen molar-refractivity contribution in [1.29, 1.82) is 0 Å². The summed E-state index contributed by atoms with van der Waals surface area (Å²) in [6, 6.07) is 15.0. The largest absolute Gasteiger partial charge is 0.481 e. The molecule has 0 aliphatic carbocycles. The Balaban J connectivity index is 1.68. The number of amides is 1. The van der Waals surface area contributed by atoms with Gasteiger partial charge in [-0.15, -0.1) is 0 Å². The monoisotopic (exact) mass is 339 g/mol. The number of carboxylic acid groups (broad SMARTS) is 1. The number of carboxylic acids is 1. The van der Waals surface area contributed by atoms with E-state index in [0.717, 1.165) is 12.0 Å².